The zero-order valence-electron chi connectivity index (χ0n) is 8.32. The summed E-state index contributed by atoms with van der Waals surface area (Å²) in [4.78, 5) is 0. The summed E-state index contributed by atoms with van der Waals surface area (Å²) >= 11 is 1.77. The molecule has 0 bridgehead atoms. The molecule has 0 radical (unpaired) electrons. The highest BCUT2D eigenvalue weighted by molar-refractivity contribution is 7.99. The van der Waals surface area contributed by atoms with Crippen LogP contribution in [0.1, 0.15) is 20.3 Å². The lowest BCUT2D eigenvalue weighted by Gasteiger charge is -2.06. The first kappa shape index (κ1) is 13.3. The number of hydrogen-bond acceptors (Lipinski definition) is 4. The molecule has 0 aliphatic rings. The molecule has 0 spiro atoms. The second kappa shape index (κ2) is 6.68. The lowest BCUT2D eigenvalue weighted by atomic mass is 10.4. The van der Waals surface area contributed by atoms with Crippen molar-refractivity contribution in [1.82, 2.24) is 0 Å². The molecule has 80 valence electrons. The lowest BCUT2D eigenvalue weighted by Crippen LogP contribution is -2.27. The number of rotatable bonds is 7. The van der Waals surface area contributed by atoms with Gasteiger partial charge in [0.05, 0.1) is 11.5 Å². The van der Waals surface area contributed by atoms with Crippen LogP contribution in [-0.4, -0.2) is 37.5 Å². The van der Waals surface area contributed by atoms with Gasteiger partial charge in [0.25, 0.3) is 0 Å². The minimum Gasteiger partial charge on any atom is -0.327 e. The maximum Gasteiger partial charge on any atom is 0.151 e. The average molecular weight is 225 g/mol. The van der Waals surface area contributed by atoms with Crippen LogP contribution in [0.3, 0.4) is 0 Å². The molecule has 5 heteroatoms. The first-order valence-electron chi connectivity index (χ1n) is 4.51. The molecule has 0 aliphatic heterocycles. The van der Waals surface area contributed by atoms with E-state index in [2.05, 4.69) is 6.92 Å². The van der Waals surface area contributed by atoms with Crippen LogP contribution in [-0.2, 0) is 9.84 Å². The third-order valence-electron chi connectivity index (χ3n) is 1.46. The number of sulfone groups is 1. The Morgan fingerprint density at radius 2 is 2.08 bits per heavy atom. The van der Waals surface area contributed by atoms with Gasteiger partial charge in [-0.15, -0.1) is 0 Å². The Morgan fingerprint density at radius 1 is 1.46 bits per heavy atom. The van der Waals surface area contributed by atoms with Crippen molar-refractivity contribution in [2.75, 3.05) is 23.0 Å². The van der Waals surface area contributed by atoms with E-state index in [0.717, 1.165) is 17.9 Å². The monoisotopic (exact) mass is 225 g/mol. The van der Waals surface area contributed by atoms with Gasteiger partial charge in [-0.2, -0.15) is 11.8 Å². The number of hydrogen-bond donors (Lipinski definition) is 1. The van der Waals surface area contributed by atoms with Crippen molar-refractivity contribution in [1.29, 1.82) is 0 Å². The van der Waals surface area contributed by atoms with Crippen LogP contribution in [0.25, 0.3) is 0 Å². The number of thioether (sulfide) groups is 1. The van der Waals surface area contributed by atoms with E-state index in [4.69, 9.17) is 5.73 Å². The van der Waals surface area contributed by atoms with Crippen molar-refractivity contribution in [2.45, 2.75) is 26.3 Å². The second-order valence-electron chi connectivity index (χ2n) is 3.14. The van der Waals surface area contributed by atoms with Gasteiger partial charge in [0.1, 0.15) is 0 Å². The smallest absolute Gasteiger partial charge is 0.151 e. The SMILES string of the molecule is CCSCCCS(=O)(=O)CC(C)N. The Labute approximate surface area is 85.4 Å². The normalized spacial score (nSPS) is 14.4. The largest absolute Gasteiger partial charge is 0.327 e. The van der Waals surface area contributed by atoms with Crippen molar-refractivity contribution in [3.63, 3.8) is 0 Å². The maximum absolute atomic E-state index is 11.3. The molecular weight excluding hydrogens is 206 g/mol. The first-order chi connectivity index (χ1) is 5.98. The summed E-state index contributed by atoms with van der Waals surface area (Å²) in [6.45, 7) is 3.79. The minimum atomic E-state index is -2.90. The van der Waals surface area contributed by atoms with Crippen molar-refractivity contribution < 1.29 is 8.42 Å². The van der Waals surface area contributed by atoms with Gasteiger partial charge >= 0.3 is 0 Å². The van der Waals surface area contributed by atoms with Crippen LogP contribution in [0.2, 0.25) is 0 Å². The van der Waals surface area contributed by atoms with Gasteiger partial charge in [0.15, 0.2) is 9.84 Å². The highest BCUT2D eigenvalue weighted by Gasteiger charge is 2.12. The van der Waals surface area contributed by atoms with E-state index in [0.29, 0.717) is 0 Å². The van der Waals surface area contributed by atoms with Gasteiger partial charge in [-0.05, 0) is 24.9 Å². The summed E-state index contributed by atoms with van der Waals surface area (Å²) < 4.78 is 22.6. The molecule has 1 unspecified atom stereocenters. The second-order valence-corrected chi connectivity index (χ2v) is 6.76. The molecule has 3 nitrogen and oxygen atoms in total. The van der Waals surface area contributed by atoms with E-state index < -0.39 is 9.84 Å². The molecule has 13 heavy (non-hydrogen) atoms. The molecule has 0 saturated heterocycles. The summed E-state index contributed by atoms with van der Waals surface area (Å²) in [6.07, 6.45) is 0.744. The van der Waals surface area contributed by atoms with Crippen LogP contribution in [0.15, 0.2) is 0 Å². The Balaban J connectivity index is 3.64. The highest BCUT2D eigenvalue weighted by Crippen LogP contribution is 2.04. The molecule has 0 fully saturated rings. The quantitative estimate of drug-likeness (QED) is 0.654. The van der Waals surface area contributed by atoms with Gasteiger partial charge in [0.2, 0.25) is 0 Å². The Morgan fingerprint density at radius 3 is 2.54 bits per heavy atom. The van der Waals surface area contributed by atoms with Gasteiger partial charge in [-0.25, -0.2) is 8.42 Å². The minimum absolute atomic E-state index is 0.115. The number of nitrogens with two attached hydrogens (primary N) is 1. The molecule has 0 aliphatic carbocycles. The average Bonchev–Trinajstić information content (AvgIpc) is 1.95. The van der Waals surface area contributed by atoms with Crippen molar-refractivity contribution in [3.8, 4) is 0 Å². The molecule has 0 aromatic rings. The highest BCUT2D eigenvalue weighted by atomic mass is 32.2. The van der Waals surface area contributed by atoms with Gasteiger partial charge < -0.3 is 5.73 Å². The predicted molar refractivity (Wildman–Crippen MR) is 59.9 cm³/mol. The summed E-state index contributed by atoms with van der Waals surface area (Å²) in [5.74, 6) is 2.37. The van der Waals surface area contributed by atoms with E-state index >= 15 is 0 Å². The van der Waals surface area contributed by atoms with E-state index in [1.807, 2.05) is 0 Å². The van der Waals surface area contributed by atoms with Gasteiger partial charge in [-0.3, -0.25) is 0 Å². The lowest BCUT2D eigenvalue weighted by molar-refractivity contribution is 0.589. The van der Waals surface area contributed by atoms with Crippen molar-refractivity contribution in [3.05, 3.63) is 0 Å². The topological polar surface area (TPSA) is 60.2 Å². The first-order valence-corrected chi connectivity index (χ1v) is 7.49. The Hall–Kier alpha value is 0.260. The van der Waals surface area contributed by atoms with E-state index in [1.54, 1.807) is 18.7 Å². The van der Waals surface area contributed by atoms with Crippen LogP contribution >= 0.6 is 11.8 Å². The molecule has 0 aromatic carbocycles. The fourth-order valence-corrected chi connectivity index (χ4v) is 3.38. The summed E-state index contributed by atoms with van der Waals surface area (Å²) in [5, 5.41) is 0. The fraction of sp³-hybridized carbons (Fsp3) is 1.00. The molecule has 1 atom stereocenters. The van der Waals surface area contributed by atoms with E-state index in [9.17, 15) is 8.42 Å². The molecule has 0 aromatic heterocycles. The van der Waals surface area contributed by atoms with Crippen LogP contribution < -0.4 is 5.73 Å². The van der Waals surface area contributed by atoms with Crippen LogP contribution in [0.5, 0.6) is 0 Å². The molecule has 0 saturated carbocycles. The Bertz CT molecular complexity index is 212. The van der Waals surface area contributed by atoms with E-state index in [-0.39, 0.29) is 17.5 Å². The summed E-state index contributed by atoms with van der Waals surface area (Å²) in [7, 11) is -2.90. The molecule has 0 heterocycles. The van der Waals surface area contributed by atoms with Gasteiger partial charge in [-0.1, -0.05) is 6.92 Å². The van der Waals surface area contributed by atoms with Crippen LogP contribution in [0.4, 0.5) is 0 Å². The van der Waals surface area contributed by atoms with Gasteiger partial charge in [0, 0.05) is 6.04 Å². The zero-order valence-corrected chi connectivity index (χ0v) is 9.96. The third kappa shape index (κ3) is 8.59. The molecule has 0 amide bonds. The standard InChI is InChI=1S/C8H19NO2S2/c1-3-12-5-4-6-13(10,11)7-8(2)9/h8H,3-7,9H2,1-2H3. The van der Waals surface area contributed by atoms with Crippen molar-refractivity contribution in [2.24, 2.45) is 5.73 Å². The molecule has 0 rings (SSSR count). The van der Waals surface area contributed by atoms with Crippen LogP contribution in [0, 0.1) is 0 Å². The van der Waals surface area contributed by atoms with E-state index in [1.165, 1.54) is 0 Å². The predicted octanol–water partition coefficient (Wildman–Crippen LogP) is 0.892. The summed E-state index contributed by atoms with van der Waals surface area (Å²) in [5.41, 5.74) is 5.42. The fourth-order valence-electron chi connectivity index (χ4n) is 1.01. The third-order valence-corrected chi connectivity index (χ3v) is 4.39. The Kier molecular flexibility index (Phi) is 6.81. The maximum atomic E-state index is 11.3. The summed E-state index contributed by atoms with van der Waals surface area (Å²) in [6, 6.07) is -0.246. The molecule has 2 N–H and O–H groups in total. The van der Waals surface area contributed by atoms with Crippen molar-refractivity contribution >= 4 is 21.6 Å². The molecular formula is C8H19NO2S2. The zero-order chi connectivity index (χ0) is 10.3.